The first-order valence-corrected chi connectivity index (χ1v) is 7.55. The van der Waals surface area contributed by atoms with E-state index in [1.54, 1.807) is 14.2 Å². The summed E-state index contributed by atoms with van der Waals surface area (Å²) in [7, 11) is 3.26. The van der Waals surface area contributed by atoms with E-state index >= 15 is 0 Å². The zero-order valence-electron chi connectivity index (χ0n) is 15.0. The van der Waals surface area contributed by atoms with Crippen molar-refractivity contribution in [3.05, 3.63) is 42.1 Å². The van der Waals surface area contributed by atoms with Gasteiger partial charge >= 0.3 is 33.9 Å². The fraction of sp³-hybridized carbons (Fsp3) is 0.471. The van der Waals surface area contributed by atoms with Crippen LogP contribution in [0.15, 0.2) is 16.6 Å². The second-order valence-corrected chi connectivity index (χ2v) is 5.79. The Bertz CT molecular complexity index is 584. The molecule has 1 aromatic carbocycles. The van der Waals surface area contributed by atoms with Crippen LogP contribution in [0.1, 0.15) is 32.4 Å². The summed E-state index contributed by atoms with van der Waals surface area (Å²) in [6, 6.07) is 3.78. The molecule has 0 spiro atoms. The topological polar surface area (TPSA) is 96.6 Å². The monoisotopic (exact) mass is 466 g/mol. The summed E-state index contributed by atoms with van der Waals surface area (Å²) in [5, 5.41) is 0. The molecule has 7 nitrogen and oxygen atoms in total. The number of benzene rings is 1. The number of hydrogen-bond donors (Lipinski definition) is 0. The SMILES string of the molecule is COc1cc(OC)c(Br)c([C@@H]2OC(C)(C)O[C@H]2C)c1.[C-]#[O+].[C-]#[O+].[C-]#[O+].[Cr]. The van der Waals surface area contributed by atoms with Crippen molar-refractivity contribution in [3.63, 3.8) is 0 Å². The van der Waals surface area contributed by atoms with Crippen LogP contribution in [-0.4, -0.2) is 26.1 Å². The average Bonchev–Trinajstić information content (AvgIpc) is 2.92. The first kappa shape index (κ1) is 29.7. The Balaban J connectivity index is -0.000000686. The van der Waals surface area contributed by atoms with Crippen molar-refractivity contribution in [2.45, 2.75) is 38.8 Å². The Morgan fingerprint density at radius 3 is 1.85 bits per heavy atom. The Morgan fingerprint density at radius 1 is 1.00 bits per heavy atom. The van der Waals surface area contributed by atoms with Crippen LogP contribution in [0.4, 0.5) is 0 Å². The van der Waals surface area contributed by atoms with E-state index in [0.717, 1.165) is 21.5 Å². The van der Waals surface area contributed by atoms with Gasteiger partial charge in [0.15, 0.2) is 5.79 Å². The molecule has 1 saturated heterocycles. The Hall–Kier alpha value is -1.03. The van der Waals surface area contributed by atoms with Crippen LogP contribution in [0, 0.1) is 20.0 Å². The average molecular weight is 467 g/mol. The van der Waals surface area contributed by atoms with Gasteiger partial charge in [-0.3, -0.25) is 0 Å². The second-order valence-electron chi connectivity index (χ2n) is 4.99. The van der Waals surface area contributed by atoms with Gasteiger partial charge < -0.3 is 18.9 Å². The zero-order valence-corrected chi connectivity index (χ0v) is 17.8. The van der Waals surface area contributed by atoms with Gasteiger partial charge in [0, 0.05) is 29.0 Å². The predicted octanol–water partition coefficient (Wildman–Crippen LogP) is 3.56. The number of halogens is 1. The molecule has 0 N–H and O–H groups in total. The molecule has 1 aliphatic rings. The molecule has 2 atom stereocenters. The summed E-state index contributed by atoms with van der Waals surface area (Å²) in [5.74, 6) is 0.866. The number of rotatable bonds is 3. The van der Waals surface area contributed by atoms with Gasteiger partial charge in [0.2, 0.25) is 0 Å². The third-order valence-corrected chi connectivity index (χ3v) is 3.96. The maximum Gasteiger partial charge on any atom is 0 e. The Morgan fingerprint density at radius 2 is 1.50 bits per heavy atom. The summed E-state index contributed by atoms with van der Waals surface area (Å²) < 4.78 is 45.8. The van der Waals surface area contributed by atoms with E-state index in [-0.39, 0.29) is 29.6 Å². The van der Waals surface area contributed by atoms with Crippen molar-refractivity contribution in [2.24, 2.45) is 0 Å². The molecule has 2 rings (SSSR count). The molecule has 0 aromatic heterocycles. The molecule has 26 heavy (non-hydrogen) atoms. The van der Waals surface area contributed by atoms with E-state index in [0.29, 0.717) is 0 Å². The maximum atomic E-state index is 7.50. The fourth-order valence-corrected chi connectivity index (χ4v) is 2.94. The summed E-state index contributed by atoms with van der Waals surface area (Å²) in [5.41, 5.74) is 0.967. The van der Waals surface area contributed by atoms with Crippen molar-refractivity contribution in [2.75, 3.05) is 14.2 Å². The molecule has 0 saturated carbocycles. The molecule has 142 valence electrons. The van der Waals surface area contributed by atoms with Crippen LogP contribution >= 0.6 is 15.9 Å². The molecule has 0 unspecified atom stereocenters. The van der Waals surface area contributed by atoms with Gasteiger partial charge in [-0.1, -0.05) is 0 Å². The first-order valence-electron chi connectivity index (χ1n) is 6.76. The third kappa shape index (κ3) is 8.11. The van der Waals surface area contributed by atoms with Gasteiger partial charge in [-0.15, -0.1) is 0 Å². The molecule has 0 amide bonds. The van der Waals surface area contributed by atoms with Crippen LogP contribution in [0.25, 0.3) is 0 Å². The molecule has 1 aromatic rings. The van der Waals surface area contributed by atoms with Crippen molar-refractivity contribution < 1.29 is 50.3 Å². The van der Waals surface area contributed by atoms with Gasteiger partial charge in [0.1, 0.15) is 17.6 Å². The molecule has 9 heteroatoms. The Labute approximate surface area is 172 Å². The van der Waals surface area contributed by atoms with Crippen LogP contribution in [-0.2, 0) is 40.8 Å². The van der Waals surface area contributed by atoms with E-state index in [9.17, 15) is 0 Å². The molecule has 1 heterocycles. The molecular formula is C17H19BrCrO7. The minimum Gasteiger partial charge on any atom is 0 e. The minimum absolute atomic E-state index is 0. The van der Waals surface area contributed by atoms with E-state index < -0.39 is 5.79 Å². The van der Waals surface area contributed by atoms with Gasteiger partial charge in [-0.05, 0) is 42.8 Å². The Kier molecular flexibility index (Phi) is 17.2. The van der Waals surface area contributed by atoms with E-state index in [1.165, 1.54) is 0 Å². The summed E-state index contributed by atoms with van der Waals surface area (Å²) in [6.07, 6.45) is -0.198. The standard InChI is InChI=1S/C14H19BrO4.3CO.Cr/c1-8-13(19-14(2,3)18-8)10-6-9(16-4)7-11(17-5)12(10)15;3*1-2;/h6-8,13H,1-5H3;;;;/t8-,13+;;;;/m0..../s1. The first-order chi connectivity index (χ1) is 11.9. The second kappa shape index (κ2) is 15.1. The summed E-state index contributed by atoms with van der Waals surface area (Å²) in [4.78, 5) is 0. The number of methoxy groups -OCH3 is 2. The fourth-order valence-electron chi connectivity index (χ4n) is 2.32. The molecule has 0 aliphatic carbocycles. The number of hydrogen-bond acceptors (Lipinski definition) is 4. The largest absolute Gasteiger partial charge is 0 e. The van der Waals surface area contributed by atoms with E-state index in [2.05, 4.69) is 35.9 Å². The van der Waals surface area contributed by atoms with Crippen LogP contribution in [0.2, 0.25) is 0 Å². The molecule has 1 aliphatic heterocycles. The van der Waals surface area contributed by atoms with Gasteiger partial charge in [-0.25, -0.2) is 0 Å². The van der Waals surface area contributed by atoms with Crippen LogP contribution in [0.5, 0.6) is 11.5 Å². The van der Waals surface area contributed by atoms with Crippen molar-refractivity contribution in [3.8, 4) is 11.5 Å². The van der Waals surface area contributed by atoms with E-state index in [1.807, 2.05) is 32.9 Å². The zero-order chi connectivity index (χ0) is 20.2. The van der Waals surface area contributed by atoms with Crippen LogP contribution < -0.4 is 9.47 Å². The van der Waals surface area contributed by atoms with Gasteiger partial charge in [0.05, 0.1) is 24.8 Å². The van der Waals surface area contributed by atoms with Crippen molar-refractivity contribution >= 4 is 15.9 Å². The quantitative estimate of drug-likeness (QED) is 0.502. The van der Waals surface area contributed by atoms with E-state index in [4.69, 9.17) is 32.9 Å². The van der Waals surface area contributed by atoms with Crippen molar-refractivity contribution in [1.29, 1.82) is 0 Å². The van der Waals surface area contributed by atoms with Crippen LogP contribution in [0.3, 0.4) is 0 Å². The maximum absolute atomic E-state index is 7.50. The molecule has 1 fully saturated rings. The number of ether oxygens (including phenoxy) is 4. The third-order valence-electron chi connectivity index (χ3n) is 3.11. The molecular weight excluding hydrogens is 448 g/mol. The molecule has 0 bridgehead atoms. The van der Waals surface area contributed by atoms with Gasteiger partial charge in [-0.2, -0.15) is 0 Å². The smallest absolute Gasteiger partial charge is 0 e. The normalized spacial score (nSPS) is 18.8. The van der Waals surface area contributed by atoms with Gasteiger partial charge in [0.25, 0.3) is 0 Å². The minimum atomic E-state index is -0.583. The predicted molar refractivity (Wildman–Crippen MR) is 87.5 cm³/mol. The summed E-state index contributed by atoms with van der Waals surface area (Å²) in [6.45, 7) is 19.3. The summed E-state index contributed by atoms with van der Waals surface area (Å²) >= 11 is 3.56. The molecule has 0 radical (unpaired) electrons. The van der Waals surface area contributed by atoms with Crippen molar-refractivity contribution in [1.82, 2.24) is 0 Å².